The van der Waals surface area contributed by atoms with Crippen molar-refractivity contribution in [2.45, 2.75) is 25.4 Å². The van der Waals surface area contributed by atoms with Crippen LogP contribution in [0.25, 0.3) is 6.08 Å². The van der Waals surface area contributed by atoms with Crippen LogP contribution in [0.1, 0.15) is 41.1 Å². The molecule has 1 aliphatic rings. The van der Waals surface area contributed by atoms with E-state index in [9.17, 15) is 9.59 Å². The number of fused-ring (bicyclic) bond motifs is 1. The van der Waals surface area contributed by atoms with Gasteiger partial charge in [0.25, 0.3) is 11.8 Å². The first-order chi connectivity index (χ1) is 18.1. The molecule has 0 spiro atoms. The van der Waals surface area contributed by atoms with Crippen molar-refractivity contribution in [1.29, 1.82) is 0 Å². The Morgan fingerprint density at radius 3 is 2.38 bits per heavy atom. The maximum atomic E-state index is 14.0. The Kier molecular flexibility index (Phi) is 6.90. The fourth-order valence-electron chi connectivity index (χ4n) is 4.88. The van der Waals surface area contributed by atoms with Gasteiger partial charge in [0.05, 0.1) is 19.4 Å². The van der Waals surface area contributed by atoms with Gasteiger partial charge in [-0.05, 0) is 79.6 Å². The van der Waals surface area contributed by atoms with E-state index >= 15 is 0 Å². The Labute approximate surface area is 216 Å². The van der Waals surface area contributed by atoms with Crippen LogP contribution in [0.15, 0.2) is 108 Å². The fourth-order valence-corrected chi connectivity index (χ4v) is 4.88. The maximum Gasteiger partial charge on any atom is 0.258 e. The zero-order valence-corrected chi connectivity index (χ0v) is 20.8. The largest absolute Gasteiger partial charge is 0.497 e. The molecule has 1 aliphatic heterocycles. The van der Waals surface area contributed by atoms with Crippen LogP contribution in [0, 0.1) is 0 Å². The number of furan rings is 1. The third-order valence-electron chi connectivity index (χ3n) is 6.63. The Morgan fingerprint density at radius 2 is 1.68 bits per heavy atom. The highest BCUT2D eigenvalue weighted by Gasteiger charge is 2.38. The fraction of sp³-hybridized carbons (Fsp3) is 0.161. The van der Waals surface area contributed by atoms with Crippen LogP contribution in [0.2, 0.25) is 0 Å². The molecular formula is C31H28N2O4. The Balaban J connectivity index is 1.54. The van der Waals surface area contributed by atoms with Crippen molar-refractivity contribution in [3.05, 3.63) is 120 Å². The quantitative estimate of drug-likeness (QED) is 0.288. The van der Waals surface area contributed by atoms with Crippen LogP contribution in [0.4, 0.5) is 11.4 Å². The van der Waals surface area contributed by atoms with Crippen molar-refractivity contribution in [2.24, 2.45) is 0 Å². The number of para-hydroxylation sites is 2. The zero-order valence-electron chi connectivity index (χ0n) is 20.8. The van der Waals surface area contributed by atoms with Crippen molar-refractivity contribution in [1.82, 2.24) is 0 Å². The van der Waals surface area contributed by atoms with Gasteiger partial charge in [-0.1, -0.05) is 36.4 Å². The highest BCUT2D eigenvalue weighted by atomic mass is 16.5. The Hall–Kier alpha value is -4.58. The van der Waals surface area contributed by atoms with Gasteiger partial charge in [0.1, 0.15) is 11.5 Å². The van der Waals surface area contributed by atoms with Crippen LogP contribution < -0.4 is 14.5 Å². The Morgan fingerprint density at radius 1 is 0.946 bits per heavy atom. The van der Waals surface area contributed by atoms with Crippen LogP contribution >= 0.6 is 0 Å². The molecule has 0 saturated heterocycles. The molecule has 0 unspecified atom stereocenters. The summed E-state index contributed by atoms with van der Waals surface area (Å²) in [5.41, 5.74) is 3.08. The molecule has 2 atom stereocenters. The highest BCUT2D eigenvalue weighted by Crippen LogP contribution is 2.43. The van der Waals surface area contributed by atoms with E-state index in [-0.39, 0.29) is 23.9 Å². The molecule has 2 heterocycles. The third-order valence-corrected chi connectivity index (χ3v) is 6.63. The molecule has 1 aromatic heterocycles. The van der Waals surface area contributed by atoms with E-state index in [0.717, 1.165) is 16.9 Å². The number of methoxy groups -OCH3 is 1. The second kappa shape index (κ2) is 10.6. The number of anilines is 2. The van der Waals surface area contributed by atoms with Gasteiger partial charge in [0.15, 0.2) is 0 Å². The lowest BCUT2D eigenvalue weighted by molar-refractivity contribution is -0.114. The summed E-state index contributed by atoms with van der Waals surface area (Å²) in [5.74, 6) is 1.06. The van der Waals surface area contributed by atoms with Crippen LogP contribution in [-0.2, 0) is 4.79 Å². The smallest absolute Gasteiger partial charge is 0.258 e. The van der Waals surface area contributed by atoms with E-state index in [1.165, 1.54) is 6.08 Å². The van der Waals surface area contributed by atoms with Crippen LogP contribution in [0.5, 0.6) is 5.75 Å². The van der Waals surface area contributed by atoms with Gasteiger partial charge in [-0.2, -0.15) is 0 Å². The minimum absolute atomic E-state index is 0.113. The SMILES string of the molecule is COc1ccc(C(=O)N(c2ccccc2)[C@@H]2C[C@H](C)N(C(=O)/C=C/c3ccco3)c3ccccc32)cc1. The summed E-state index contributed by atoms with van der Waals surface area (Å²) in [7, 11) is 1.60. The number of hydrogen-bond donors (Lipinski definition) is 0. The van der Waals surface area contributed by atoms with E-state index in [2.05, 4.69) is 0 Å². The summed E-state index contributed by atoms with van der Waals surface area (Å²) in [6, 6.07) is 27.8. The number of ether oxygens (including phenoxy) is 1. The summed E-state index contributed by atoms with van der Waals surface area (Å²) >= 11 is 0. The molecule has 3 aromatic carbocycles. The zero-order chi connectivity index (χ0) is 25.8. The first kappa shape index (κ1) is 24.1. The molecule has 6 nitrogen and oxygen atoms in total. The number of carbonyl (C=O) groups excluding carboxylic acids is 2. The minimum atomic E-state index is -0.263. The molecular weight excluding hydrogens is 464 g/mol. The molecule has 0 saturated carbocycles. The van der Waals surface area contributed by atoms with E-state index in [1.807, 2.05) is 66.4 Å². The van der Waals surface area contributed by atoms with E-state index in [4.69, 9.17) is 9.15 Å². The summed E-state index contributed by atoms with van der Waals surface area (Å²) in [6.45, 7) is 2.02. The number of amides is 2. The summed E-state index contributed by atoms with van der Waals surface area (Å²) < 4.78 is 10.6. The van der Waals surface area contributed by atoms with Crippen molar-refractivity contribution in [3.63, 3.8) is 0 Å². The lowest BCUT2D eigenvalue weighted by Gasteiger charge is -2.43. The number of hydrogen-bond acceptors (Lipinski definition) is 4. The average molecular weight is 493 g/mol. The predicted octanol–water partition coefficient (Wildman–Crippen LogP) is 6.51. The number of benzene rings is 3. The van der Waals surface area contributed by atoms with Crippen molar-refractivity contribution < 1.29 is 18.7 Å². The molecule has 186 valence electrons. The van der Waals surface area contributed by atoms with Gasteiger partial charge >= 0.3 is 0 Å². The number of carbonyl (C=O) groups is 2. The van der Waals surface area contributed by atoms with Crippen molar-refractivity contribution in [2.75, 3.05) is 16.9 Å². The lowest BCUT2D eigenvalue weighted by atomic mass is 9.89. The highest BCUT2D eigenvalue weighted by molar-refractivity contribution is 6.08. The van der Waals surface area contributed by atoms with Crippen molar-refractivity contribution >= 4 is 29.3 Å². The molecule has 0 fully saturated rings. The second-order valence-corrected chi connectivity index (χ2v) is 8.96. The molecule has 5 rings (SSSR count). The summed E-state index contributed by atoms with van der Waals surface area (Å²) in [6.07, 6.45) is 5.36. The minimum Gasteiger partial charge on any atom is -0.497 e. The first-order valence-corrected chi connectivity index (χ1v) is 12.2. The second-order valence-electron chi connectivity index (χ2n) is 8.96. The van der Waals surface area contributed by atoms with Gasteiger partial charge in [-0.15, -0.1) is 0 Å². The molecule has 2 amide bonds. The lowest BCUT2D eigenvalue weighted by Crippen LogP contribution is -2.47. The molecule has 6 heteroatoms. The van der Waals surface area contributed by atoms with Gasteiger partial charge < -0.3 is 19.0 Å². The number of rotatable bonds is 6. The topological polar surface area (TPSA) is 63.0 Å². The first-order valence-electron chi connectivity index (χ1n) is 12.2. The monoisotopic (exact) mass is 492 g/mol. The number of nitrogens with zero attached hydrogens (tertiary/aromatic N) is 2. The van der Waals surface area contributed by atoms with Crippen molar-refractivity contribution in [3.8, 4) is 5.75 Å². The molecule has 0 bridgehead atoms. The molecule has 0 N–H and O–H groups in total. The molecule has 4 aromatic rings. The van der Waals surface area contributed by atoms with Gasteiger partial charge in [0, 0.05) is 29.1 Å². The predicted molar refractivity (Wildman–Crippen MR) is 145 cm³/mol. The van der Waals surface area contributed by atoms with Crippen LogP contribution in [-0.4, -0.2) is 25.0 Å². The van der Waals surface area contributed by atoms with Crippen LogP contribution in [0.3, 0.4) is 0 Å². The van der Waals surface area contributed by atoms with E-state index < -0.39 is 0 Å². The van der Waals surface area contributed by atoms with E-state index in [1.54, 1.807) is 60.7 Å². The van der Waals surface area contributed by atoms with E-state index in [0.29, 0.717) is 23.5 Å². The molecule has 37 heavy (non-hydrogen) atoms. The Bertz CT molecular complexity index is 1390. The standard InChI is InChI=1S/C31H28N2O4/c1-22-21-29(27-12-6-7-13-28(27)32(22)30(34)19-18-26-11-8-20-37-26)33(24-9-4-3-5-10-24)31(35)23-14-16-25(36-2)17-15-23/h3-20,22,29H,21H2,1-2H3/b19-18+/t22-,29+/m0/s1. The molecule has 0 radical (unpaired) electrons. The van der Waals surface area contributed by atoms with Gasteiger partial charge in [-0.3, -0.25) is 9.59 Å². The van der Waals surface area contributed by atoms with Gasteiger partial charge in [-0.25, -0.2) is 0 Å². The maximum absolute atomic E-state index is 14.0. The third kappa shape index (κ3) is 4.91. The van der Waals surface area contributed by atoms with Gasteiger partial charge in [0.2, 0.25) is 0 Å². The molecule has 0 aliphatic carbocycles. The average Bonchev–Trinajstić information content (AvgIpc) is 3.46. The normalized spacial score (nSPS) is 16.9. The summed E-state index contributed by atoms with van der Waals surface area (Å²) in [4.78, 5) is 31.0. The summed E-state index contributed by atoms with van der Waals surface area (Å²) in [5, 5.41) is 0.